The molecule has 0 atom stereocenters. The number of cyclic esters (lactones) is 2. The molecule has 2 heterocycles. The summed E-state index contributed by atoms with van der Waals surface area (Å²) in [5, 5.41) is 1.28. The Morgan fingerprint density at radius 2 is 1.84 bits per heavy atom. The number of ether oxygens (including phenoxy) is 1. The number of carbonyl (C=O) groups is 4. The lowest BCUT2D eigenvalue weighted by molar-refractivity contribution is -0.104. The maximum absolute atomic E-state index is 11.8. The van der Waals surface area contributed by atoms with Crippen LogP contribution in [-0.2, 0) is 16.0 Å². The van der Waals surface area contributed by atoms with Gasteiger partial charge in [-0.05, 0) is 29.7 Å². The minimum atomic E-state index is -0.731. The lowest BCUT2D eigenvalue weighted by atomic mass is 9.96. The normalized spacial score (nSPS) is 13.0. The van der Waals surface area contributed by atoms with E-state index in [1.165, 1.54) is 6.26 Å². The average molecular weight is 334 g/mol. The van der Waals surface area contributed by atoms with Crippen molar-refractivity contribution >= 4 is 34.8 Å². The summed E-state index contributed by atoms with van der Waals surface area (Å²) in [6, 6.07) is 10.3. The average Bonchev–Trinajstić information content (AvgIpc) is 3.17. The van der Waals surface area contributed by atoms with Crippen molar-refractivity contribution in [3.8, 4) is 0 Å². The number of carbonyl (C=O) groups excluding carboxylic acids is 4. The zero-order chi connectivity index (χ0) is 17.6. The summed E-state index contributed by atoms with van der Waals surface area (Å²) >= 11 is 0. The highest BCUT2D eigenvalue weighted by atomic mass is 16.6. The lowest BCUT2D eigenvalue weighted by Crippen LogP contribution is -2.01. The second-order valence-corrected chi connectivity index (χ2v) is 5.66. The van der Waals surface area contributed by atoms with E-state index in [-0.39, 0.29) is 23.2 Å². The van der Waals surface area contributed by atoms with Gasteiger partial charge in [0, 0.05) is 10.8 Å². The molecule has 1 aliphatic rings. The van der Waals surface area contributed by atoms with Crippen molar-refractivity contribution < 1.29 is 28.3 Å². The highest BCUT2D eigenvalue weighted by molar-refractivity contribution is 6.35. The molecule has 1 aromatic heterocycles. The highest BCUT2D eigenvalue weighted by Crippen LogP contribution is 2.28. The van der Waals surface area contributed by atoms with Crippen LogP contribution in [0.1, 0.15) is 42.4 Å². The van der Waals surface area contributed by atoms with E-state index in [9.17, 15) is 19.2 Å². The lowest BCUT2D eigenvalue weighted by Gasteiger charge is -2.05. The van der Waals surface area contributed by atoms with Crippen LogP contribution < -0.4 is 0 Å². The Hall–Kier alpha value is -3.54. The van der Waals surface area contributed by atoms with Gasteiger partial charge in [0.15, 0.2) is 12.0 Å². The van der Waals surface area contributed by atoms with E-state index in [0.29, 0.717) is 17.2 Å². The van der Waals surface area contributed by atoms with Crippen LogP contribution >= 0.6 is 0 Å². The number of aldehydes is 1. The van der Waals surface area contributed by atoms with Crippen LogP contribution in [0, 0.1) is 0 Å². The van der Waals surface area contributed by atoms with Gasteiger partial charge in [-0.3, -0.25) is 9.59 Å². The molecule has 0 radical (unpaired) electrons. The van der Waals surface area contributed by atoms with E-state index >= 15 is 0 Å². The van der Waals surface area contributed by atoms with Gasteiger partial charge in [-0.25, -0.2) is 9.59 Å². The Balaban J connectivity index is 1.79. The van der Waals surface area contributed by atoms with Crippen molar-refractivity contribution in [2.24, 2.45) is 0 Å². The zero-order valence-corrected chi connectivity index (χ0v) is 12.8. The second kappa shape index (κ2) is 5.52. The van der Waals surface area contributed by atoms with E-state index in [2.05, 4.69) is 4.74 Å². The molecule has 3 aromatic rings. The molecular formula is C19H10O6. The summed E-state index contributed by atoms with van der Waals surface area (Å²) in [6.07, 6.45) is 2.03. The van der Waals surface area contributed by atoms with Crippen LogP contribution in [0.3, 0.4) is 0 Å². The quantitative estimate of drug-likeness (QED) is 0.239. The third-order valence-corrected chi connectivity index (χ3v) is 4.15. The maximum Gasteiger partial charge on any atom is 0.346 e. The van der Waals surface area contributed by atoms with Gasteiger partial charge in [-0.15, -0.1) is 0 Å². The SMILES string of the molecule is O=CC(=O)c1occ2cccc(Cc3ccc4c(c3)C(=O)OC4=O)c12. The molecule has 0 N–H and O–H groups in total. The van der Waals surface area contributed by atoms with Crippen LogP contribution in [0.25, 0.3) is 10.8 Å². The summed E-state index contributed by atoms with van der Waals surface area (Å²) in [5.41, 5.74) is 2.01. The number of furan rings is 1. The van der Waals surface area contributed by atoms with Crippen LogP contribution in [0.2, 0.25) is 0 Å². The molecular weight excluding hydrogens is 324 g/mol. The number of ketones is 1. The van der Waals surface area contributed by atoms with E-state index in [0.717, 1.165) is 11.1 Å². The molecule has 25 heavy (non-hydrogen) atoms. The summed E-state index contributed by atoms with van der Waals surface area (Å²) in [5.74, 6) is -2.05. The van der Waals surface area contributed by atoms with E-state index < -0.39 is 17.7 Å². The standard InChI is InChI=1S/C19H10O6/c20-8-15(21)17-16-11(2-1-3-12(16)9-24-17)6-10-4-5-13-14(7-10)19(23)25-18(13)22/h1-5,7-9H,6H2. The van der Waals surface area contributed by atoms with E-state index in [1.807, 2.05) is 12.1 Å². The molecule has 0 unspecified atom stereocenters. The van der Waals surface area contributed by atoms with Gasteiger partial charge in [0.1, 0.15) is 0 Å². The van der Waals surface area contributed by atoms with Crippen molar-refractivity contribution in [3.63, 3.8) is 0 Å². The van der Waals surface area contributed by atoms with Gasteiger partial charge < -0.3 is 9.15 Å². The van der Waals surface area contributed by atoms with Crippen molar-refractivity contribution in [2.75, 3.05) is 0 Å². The number of fused-ring (bicyclic) bond motifs is 2. The van der Waals surface area contributed by atoms with Gasteiger partial charge in [-0.2, -0.15) is 0 Å². The van der Waals surface area contributed by atoms with Crippen LogP contribution in [0.4, 0.5) is 0 Å². The smallest absolute Gasteiger partial charge is 0.346 e. The van der Waals surface area contributed by atoms with Crippen LogP contribution in [0.15, 0.2) is 47.1 Å². The summed E-state index contributed by atoms with van der Waals surface area (Å²) < 4.78 is 9.84. The first-order valence-corrected chi connectivity index (χ1v) is 7.46. The van der Waals surface area contributed by atoms with Gasteiger partial charge in [0.05, 0.1) is 17.4 Å². The largest absolute Gasteiger partial charge is 0.459 e. The molecule has 0 saturated carbocycles. The number of esters is 2. The van der Waals surface area contributed by atoms with Crippen molar-refractivity contribution in [2.45, 2.75) is 6.42 Å². The highest BCUT2D eigenvalue weighted by Gasteiger charge is 2.29. The third-order valence-electron chi connectivity index (χ3n) is 4.15. The second-order valence-electron chi connectivity index (χ2n) is 5.66. The number of benzene rings is 2. The molecule has 2 aromatic carbocycles. The molecule has 0 amide bonds. The molecule has 6 heteroatoms. The third kappa shape index (κ3) is 2.35. The molecule has 0 fully saturated rings. The molecule has 0 spiro atoms. The van der Waals surface area contributed by atoms with Crippen molar-refractivity contribution in [1.82, 2.24) is 0 Å². The fourth-order valence-electron chi connectivity index (χ4n) is 3.02. The summed E-state index contributed by atoms with van der Waals surface area (Å²) in [4.78, 5) is 45.8. The Morgan fingerprint density at radius 1 is 1.04 bits per heavy atom. The monoisotopic (exact) mass is 334 g/mol. The number of hydrogen-bond acceptors (Lipinski definition) is 6. The molecule has 4 rings (SSSR count). The fraction of sp³-hybridized carbons (Fsp3) is 0.0526. The Bertz CT molecular complexity index is 1070. The van der Waals surface area contributed by atoms with Gasteiger partial charge >= 0.3 is 11.9 Å². The molecule has 6 nitrogen and oxygen atoms in total. The molecule has 0 saturated heterocycles. The topological polar surface area (TPSA) is 90.7 Å². The van der Waals surface area contributed by atoms with Gasteiger partial charge in [0.2, 0.25) is 0 Å². The first kappa shape index (κ1) is 15.0. The Morgan fingerprint density at radius 3 is 2.64 bits per heavy atom. The summed E-state index contributed by atoms with van der Waals surface area (Å²) in [7, 11) is 0. The van der Waals surface area contributed by atoms with Crippen LogP contribution in [-0.4, -0.2) is 24.0 Å². The summed E-state index contributed by atoms with van der Waals surface area (Å²) in [6.45, 7) is 0. The Labute approximate surface area is 141 Å². The first-order chi connectivity index (χ1) is 12.1. The molecule has 1 aliphatic heterocycles. The fourth-order valence-corrected chi connectivity index (χ4v) is 3.02. The first-order valence-electron chi connectivity index (χ1n) is 7.46. The minimum absolute atomic E-state index is 0.00338. The van der Waals surface area contributed by atoms with Gasteiger partial charge in [-0.1, -0.05) is 24.3 Å². The number of hydrogen-bond donors (Lipinski definition) is 0. The Kier molecular flexibility index (Phi) is 3.32. The molecule has 0 bridgehead atoms. The number of rotatable bonds is 4. The van der Waals surface area contributed by atoms with E-state index in [4.69, 9.17) is 4.42 Å². The predicted octanol–water partition coefficient (Wildman–Crippen LogP) is 2.72. The minimum Gasteiger partial charge on any atom is -0.459 e. The molecule has 0 aliphatic carbocycles. The van der Waals surface area contributed by atoms with Crippen molar-refractivity contribution in [3.05, 3.63) is 70.7 Å². The van der Waals surface area contributed by atoms with Crippen LogP contribution in [0.5, 0.6) is 0 Å². The van der Waals surface area contributed by atoms with Gasteiger partial charge in [0.25, 0.3) is 5.78 Å². The zero-order valence-electron chi connectivity index (χ0n) is 12.8. The van der Waals surface area contributed by atoms with E-state index in [1.54, 1.807) is 24.3 Å². The predicted molar refractivity (Wildman–Crippen MR) is 85.6 cm³/mol. The molecule has 122 valence electrons. The number of Topliss-reactive ketones (excluding diaryl/α,β-unsaturated/α-hetero) is 1. The van der Waals surface area contributed by atoms with Crippen molar-refractivity contribution in [1.29, 1.82) is 0 Å². The maximum atomic E-state index is 11.8.